The second-order valence-corrected chi connectivity index (χ2v) is 5.51. The van der Waals surface area contributed by atoms with Gasteiger partial charge < -0.3 is 10.6 Å². The van der Waals surface area contributed by atoms with E-state index < -0.39 is 0 Å². The van der Waals surface area contributed by atoms with Crippen molar-refractivity contribution in [2.75, 3.05) is 6.54 Å². The van der Waals surface area contributed by atoms with Crippen LogP contribution in [0.15, 0.2) is 24.5 Å². The summed E-state index contributed by atoms with van der Waals surface area (Å²) in [6.07, 6.45) is 4.09. The van der Waals surface area contributed by atoms with Crippen molar-refractivity contribution in [1.82, 2.24) is 15.6 Å². The normalized spacial score (nSPS) is 13.1. The van der Waals surface area contributed by atoms with Crippen LogP contribution in [-0.2, 0) is 4.79 Å². The Bertz CT molecular complexity index is 370. The van der Waals surface area contributed by atoms with Gasteiger partial charge in [0.15, 0.2) is 0 Å². The lowest BCUT2D eigenvalue weighted by molar-refractivity contribution is -0.122. The van der Waals surface area contributed by atoms with Gasteiger partial charge in [-0.15, -0.1) is 0 Å². The Kier molecular flexibility index (Phi) is 5.28. The molecule has 0 saturated carbocycles. The predicted octanol–water partition coefficient (Wildman–Crippen LogP) is 2.04. The van der Waals surface area contributed by atoms with E-state index in [1.165, 1.54) is 0 Å². The Morgan fingerprint density at radius 3 is 2.72 bits per heavy atom. The van der Waals surface area contributed by atoms with E-state index in [2.05, 4.69) is 22.5 Å². The van der Waals surface area contributed by atoms with E-state index >= 15 is 0 Å². The van der Waals surface area contributed by atoms with Gasteiger partial charge >= 0.3 is 0 Å². The zero-order valence-electron chi connectivity index (χ0n) is 11.7. The average Bonchev–Trinajstić information content (AvgIpc) is 2.27. The van der Waals surface area contributed by atoms with Crippen LogP contribution in [0.25, 0.3) is 0 Å². The van der Waals surface area contributed by atoms with Gasteiger partial charge in [0.1, 0.15) is 0 Å². The van der Waals surface area contributed by atoms with E-state index in [-0.39, 0.29) is 17.5 Å². The van der Waals surface area contributed by atoms with Crippen LogP contribution in [0.3, 0.4) is 0 Å². The van der Waals surface area contributed by atoms with Gasteiger partial charge in [-0.1, -0.05) is 6.07 Å². The highest BCUT2D eigenvalue weighted by atomic mass is 16.1. The first-order valence-corrected chi connectivity index (χ1v) is 6.33. The molecule has 0 aromatic carbocycles. The van der Waals surface area contributed by atoms with Gasteiger partial charge in [-0.2, -0.15) is 0 Å². The van der Waals surface area contributed by atoms with E-state index in [4.69, 9.17) is 0 Å². The third kappa shape index (κ3) is 5.77. The summed E-state index contributed by atoms with van der Waals surface area (Å²) in [5.74, 6) is 0.0772. The molecule has 0 fully saturated rings. The van der Waals surface area contributed by atoms with Crippen molar-refractivity contribution in [1.29, 1.82) is 0 Å². The van der Waals surface area contributed by atoms with Gasteiger partial charge in [0.05, 0.1) is 0 Å². The fraction of sp³-hybridized carbons (Fsp3) is 0.571. The summed E-state index contributed by atoms with van der Waals surface area (Å²) in [5.41, 5.74) is 0.972. The molecule has 2 N–H and O–H groups in total. The van der Waals surface area contributed by atoms with E-state index in [1.807, 2.05) is 39.1 Å². The number of hydrogen-bond donors (Lipinski definition) is 2. The van der Waals surface area contributed by atoms with Crippen molar-refractivity contribution in [3.05, 3.63) is 30.1 Å². The zero-order chi connectivity index (χ0) is 13.6. The summed E-state index contributed by atoms with van der Waals surface area (Å²) in [5, 5.41) is 6.26. The Labute approximate surface area is 109 Å². The molecule has 0 bridgehead atoms. The summed E-state index contributed by atoms with van der Waals surface area (Å²) >= 11 is 0. The number of carbonyl (C=O) groups excluding carboxylic acids is 1. The Morgan fingerprint density at radius 2 is 2.17 bits per heavy atom. The monoisotopic (exact) mass is 249 g/mol. The molecular weight excluding hydrogens is 226 g/mol. The smallest absolute Gasteiger partial charge is 0.221 e. The quantitative estimate of drug-likeness (QED) is 0.839. The molecule has 0 spiro atoms. The van der Waals surface area contributed by atoms with Gasteiger partial charge in [-0.05, 0) is 39.3 Å². The first kappa shape index (κ1) is 14.6. The molecule has 0 aliphatic rings. The number of pyridine rings is 1. The van der Waals surface area contributed by atoms with Crippen LogP contribution in [0.1, 0.15) is 45.7 Å². The first-order chi connectivity index (χ1) is 8.38. The van der Waals surface area contributed by atoms with Crippen LogP contribution < -0.4 is 10.6 Å². The average molecular weight is 249 g/mol. The Morgan fingerprint density at radius 1 is 1.44 bits per heavy atom. The van der Waals surface area contributed by atoms with E-state index in [0.29, 0.717) is 13.0 Å². The number of nitrogens with zero attached hydrogens (tertiary/aromatic N) is 1. The van der Waals surface area contributed by atoms with Crippen molar-refractivity contribution >= 4 is 5.91 Å². The van der Waals surface area contributed by atoms with Crippen LogP contribution in [0.5, 0.6) is 0 Å². The number of hydrogen-bond acceptors (Lipinski definition) is 3. The maximum absolute atomic E-state index is 11.6. The number of aromatic nitrogens is 1. The minimum Gasteiger partial charge on any atom is -0.351 e. The first-order valence-electron chi connectivity index (χ1n) is 6.33. The number of rotatable bonds is 5. The molecule has 100 valence electrons. The third-order valence-electron chi connectivity index (χ3n) is 2.50. The molecule has 18 heavy (non-hydrogen) atoms. The molecule has 4 nitrogen and oxygen atoms in total. The van der Waals surface area contributed by atoms with Crippen molar-refractivity contribution in [2.24, 2.45) is 0 Å². The molecule has 1 heterocycles. The molecule has 0 aliphatic carbocycles. The van der Waals surface area contributed by atoms with Gasteiger partial charge in [0, 0.05) is 36.9 Å². The topological polar surface area (TPSA) is 54.0 Å². The molecule has 4 heteroatoms. The largest absolute Gasteiger partial charge is 0.351 e. The maximum atomic E-state index is 11.6. The molecule has 1 amide bonds. The molecule has 1 aromatic rings. The molecule has 1 unspecified atom stereocenters. The molecule has 1 aromatic heterocycles. The Balaban J connectivity index is 2.28. The molecular formula is C14H23N3O. The predicted molar refractivity (Wildman–Crippen MR) is 73.2 cm³/mol. The number of amides is 1. The van der Waals surface area contributed by atoms with Gasteiger partial charge in [-0.25, -0.2) is 0 Å². The lowest BCUT2D eigenvalue weighted by Crippen LogP contribution is -2.41. The summed E-state index contributed by atoms with van der Waals surface area (Å²) in [4.78, 5) is 15.7. The van der Waals surface area contributed by atoms with Crippen LogP contribution in [-0.4, -0.2) is 23.0 Å². The minimum atomic E-state index is -0.161. The summed E-state index contributed by atoms with van der Waals surface area (Å²) in [6, 6.07) is 4.15. The number of carbonyl (C=O) groups is 1. The molecule has 1 atom stereocenters. The van der Waals surface area contributed by atoms with Crippen LogP contribution in [0.2, 0.25) is 0 Å². The fourth-order valence-corrected chi connectivity index (χ4v) is 1.63. The van der Waals surface area contributed by atoms with Crippen molar-refractivity contribution in [3.63, 3.8) is 0 Å². The van der Waals surface area contributed by atoms with Crippen molar-refractivity contribution in [2.45, 2.75) is 45.7 Å². The summed E-state index contributed by atoms with van der Waals surface area (Å²) < 4.78 is 0. The highest BCUT2D eigenvalue weighted by molar-refractivity contribution is 5.76. The molecule has 0 aliphatic heterocycles. The van der Waals surface area contributed by atoms with Crippen LogP contribution in [0.4, 0.5) is 0 Å². The third-order valence-corrected chi connectivity index (χ3v) is 2.50. The minimum absolute atomic E-state index is 0.0772. The van der Waals surface area contributed by atoms with Gasteiger partial charge in [0.2, 0.25) is 5.91 Å². The SMILES string of the molecule is CC(NCCC(=O)NC(C)(C)C)c1cccnc1. The van der Waals surface area contributed by atoms with E-state index in [9.17, 15) is 4.79 Å². The van der Waals surface area contributed by atoms with Gasteiger partial charge in [-0.3, -0.25) is 9.78 Å². The van der Waals surface area contributed by atoms with Gasteiger partial charge in [0.25, 0.3) is 0 Å². The highest BCUT2D eigenvalue weighted by Gasteiger charge is 2.13. The summed E-state index contributed by atoms with van der Waals surface area (Å²) in [7, 11) is 0. The highest BCUT2D eigenvalue weighted by Crippen LogP contribution is 2.09. The second kappa shape index (κ2) is 6.50. The van der Waals surface area contributed by atoms with Crippen LogP contribution >= 0.6 is 0 Å². The molecule has 1 rings (SSSR count). The fourth-order valence-electron chi connectivity index (χ4n) is 1.63. The van der Waals surface area contributed by atoms with Crippen molar-refractivity contribution in [3.8, 4) is 0 Å². The molecule has 0 saturated heterocycles. The van der Waals surface area contributed by atoms with Crippen molar-refractivity contribution < 1.29 is 4.79 Å². The zero-order valence-corrected chi connectivity index (χ0v) is 11.7. The number of nitrogens with one attached hydrogen (secondary N) is 2. The van der Waals surface area contributed by atoms with Crippen LogP contribution in [0, 0.1) is 0 Å². The Hall–Kier alpha value is -1.42. The van der Waals surface area contributed by atoms with E-state index in [1.54, 1.807) is 6.20 Å². The maximum Gasteiger partial charge on any atom is 0.221 e. The lowest BCUT2D eigenvalue weighted by atomic mass is 10.1. The standard InChI is InChI=1S/C14H23N3O/c1-11(12-6-5-8-15-10-12)16-9-7-13(18)17-14(2,3)4/h5-6,8,10-11,16H,7,9H2,1-4H3,(H,17,18). The summed E-state index contributed by atoms with van der Waals surface area (Å²) in [6.45, 7) is 8.68. The lowest BCUT2D eigenvalue weighted by Gasteiger charge is -2.21. The second-order valence-electron chi connectivity index (χ2n) is 5.51. The van der Waals surface area contributed by atoms with E-state index in [0.717, 1.165) is 5.56 Å². The molecule has 0 radical (unpaired) electrons.